The molecule has 2 saturated heterocycles. The first-order chi connectivity index (χ1) is 18.9. The highest BCUT2D eigenvalue weighted by atomic mass is 35.5. The van der Waals surface area contributed by atoms with Gasteiger partial charge in [0.1, 0.15) is 0 Å². The normalized spacial score (nSPS) is 19.4. The Morgan fingerprint density at radius 3 is 2.56 bits per heavy atom. The van der Waals surface area contributed by atoms with Gasteiger partial charge in [-0.1, -0.05) is 23.7 Å². The lowest BCUT2D eigenvalue weighted by Gasteiger charge is -2.39. The molecule has 1 atom stereocenters. The van der Waals surface area contributed by atoms with Crippen molar-refractivity contribution in [2.45, 2.75) is 37.3 Å². The second kappa shape index (κ2) is 12.0. The summed E-state index contributed by atoms with van der Waals surface area (Å²) in [5.41, 5.74) is 8.37. The number of nitrogens with one attached hydrogen (secondary N) is 3. The first-order valence-electron chi connectivity index (χ1n) is 13.3. The molecule has 2 aliphatic rings. The number of benzene rings is 2. The standard InChI is InChI=1S/C29H34ClN7O2/c30-22-9-7-21(8-10-22)29(39)13-17-37(18-14-29)25-4-2-16-33-26(25)36-28(31)35-23-11-5-20(6-12-23)27(38)34-24-3-1-15-32-19-24/h2,4-12,16,24,32,39H,1,3,13-15,17-19H2,(H,34,38)(H3,31,33,35,36). The molecule has 0 bridgehead atoms. The fraction of sp³-hybridized carbons (Fsp3) is 0.345. The molecule has 2 aromatic carbocycles. The van der Waals surface area contributed by atoms with Gasteiger partial charge < -0.3 is 31.7 Å². The predicted octanol–water partition coefficient (Wildman–Crippen LogP) is 3.76. The van der Waals surface area contributed by atoms with Crippen molar-refractivity contribution in [3.05, 3.63) is 83.0 Å². The number of nitrogens with two attached hydrogens (primary N) is 1. The van der Waals surface area contributed by atoms with E-state index in [9.17, 15) is 9.90 Å². The van der Waals surface area contributed by atoms with Gasteiger partial charge in [-0.25, -0.2) is 4.98 Å². The number of aromatic nitrogens is 1. The number of carbonyl (C=O) groups is 1. The van der Waals surface area contributed by atoms with Crippen LogP contribution >= 0.6 is 11.6 Å². The van der Waals surface area contributed by atoms with Crippen LogP contribution in [0.25, 0.3) is 0 Å². The minimum atomic E-state index is -0.899. The van der Waals surface area contributed by atoms with Gasteiger partial charge in [-0.2, -0.15) is 4.99 Å². The molecule has 1 amide bonds. The molecule has 1 aromatic heterocycles. The number of aliphatic hydroxyl groups is 1. The molecule has 0 aliphatic carbocycles. The number of anilines is 2. The van der Waals surface area contributed by atoms with E-state index in [2.05, 4.69) is 30.8 Å². The molecular weight excluding hydrogens is 514 g/mol. The maximum Gasteiger partial charge on any atom is 0.251 e. The van der Waals surface area contributed by atoms with Gasteiger partial charge >= 0.3 is 0 Å². The summed E-state index contributed by atoms with van der Waals surface area (Å²) < 4.78 is 0. The van der Waals surface area contributed by atoms with E-state index in [1.165, 1.54) is 0 Å². The number of hydrogen-bond donors (Lipinski definition) is 5. The lowest BCUT2D eigenvalue weighted by atomic mass is 9.84. The van der Waals surface area contributed by atoms with Crippen LogP contribution in [0.2, 0.25) is 5.02 Å². The minimum absolute atomic E-state index is 0.0838. The second-order valence-corrected chi connectivity index (χ2v) is 10.5. The summed E-state index contributed by atoms with van der Waals surface area (Å²) in [5.74, 6) is 0.603. The molecule has 6 N–H and O–H groups in total. The molecule has 3 aromatic rings. The van der Waals surface area contributed by atoms with Crippen LogP contribution in [-0.2, 0) is 5.60 Å². The van der Waals surface area contributed by atoms with Crippen molar-refractivity contribution < 1.29 is 9.90 Å². The van der Waals surface area contributed by atoms with E-state index >= 15 is 0 Å². The van der Waals surface area contributed by atoms with Crippen molar-refractivity contribution >= 4 is 40.7 Å². The SMILES string of the molecule is NC(=Nc1ncccc1N1CCC(O)(c2ccc(Cl)cc2)CC1)Nc1ccc(C(=O)NC2CCCNC2)cc1. The number of guanidine groups is 1. The summed E-state index contributed by atoms with van der Waals surface area (Å²) in [6, 6.07) is 18.5. The van der Waals surface area contributed by atoms with Crippen molar-refractivity contribution in [2.75, 3.05) is 36.4 Å². The zero-order valence-electron chi connectivity index (χ0n) is 21.7. The predicted molar refractivity (Wildman–Crippen MR) is 156 cm³/mol. The molecule has 5 rings (SSSR count). The molecule has 0 spiro atoms. The number of halogens is 1. The Morgan fingerprint density at radius 1 is 1.13 bits per heavy atom. The summed E-state index contributed by atoms with van der Waals surface area (Å²) in [6.45, 7) is 3.08. The van der Waals surface area contributed by atoms with Crippen molar-refractivity contribution in [3.8, 4) is 0 Å². The molecule has 0 radical (unpaired) electrons. The van der Waals surface area contributed by atoms with Crippen LogP contribution < -0.4 is 26.6 Å². The molecular formula is C29H34ClN7O2. The third-order valence-electron chi connectivity index (χ3n) is 7.36. The van der Waals surface area contributed by atoms with Crippen LogP contribution in [0.5, 0.6) is 0 Å². The quantitative estimate of drug-likeness (QED) is 0.235. The molecule has 39 heavy (non-hydrogen) atoms. The van der Waals surface area contributed by atoms with E-state index in [1.54, 1.807) is 30.5 Å². The van der Waals surface area contributed by atoms with Crippen LogP contribution in [0.15, 0.2) is 71.9 Å². The Kier molecular flexibility index (Phi) is 8.30. The number of carbonyl (C=O) groups excluding carboxylic acids is 1. The van der Waals surface area contributed by atoms with E-state index in [0.717, 1.165) is 42.9 Å². The lowest BCUT2D eigenvalue weighted by Crippen LogP contribution is -2.45. The smallest absolute Gasteiger partial charge is 0.251 e. The van der Waals surface area contributed by atoms with Crippen molar-refractivity contribution in [1.82, 2.24) is 15.6 Å². The molecule has 10 heteroatoms. The first-order valence-corrected chi connectivity index (χ1v) is 13.7. The average Bonchev–Trinajstić information content (AvgIpc) is 2.95. The Balaban J connectivity index is 1.21. The summed E-state index contributed by atoms with van der Waals surface area (Å²) in [6.07, 6.45) is 4.86. The first kappa shape index (κ1) is 26.9. The largest absolute Gasteiger partial charge is 0.385 e. The number of amides is 1. The number of pyridine rings is 1. The number of hydrogen-bond acceptors (Lipinski definition) is 6. The van der Waals surface area contributed by atoms with E-state index in [1.807, 2.05) is 36.4 Å². The van der Waals surface area contributed by atoms with Crippen LogP contribution in [0.1, 0.15) is 41.6 Å². The number of nitrogens with zero attached hydrogens (tertiary/aromatic N) is 3. The topological polar surface area (TPSA) is 128 Å². The summed E-state index contributed by atoms with van der Waals surface area (Å²) in [5, 5.41) is 21.4. The zero-order valence-corrected chi connectivity index (χ0v) is 22.5. The third kappa shape index (κ3) is 6.68. The number of piperidine rings is 2. The van der Waals surface area contributed by atoms with Gasteiger partial charge in [0.2, 0.25) is 0 Å². The van der Waals surface area contributed by atoms with Crippen LogP contribution in [0.3, 0.4) is 0 Å². The van der Waals surface area contributed by atoms with Gasteiger partial charge in [-0.05, 0) is 86.3 Å². The third-order valence-corrected chi connectivity index (χ3v) is 7.61. The maximum absolute atomic E-state index is 12.6. The fourth-order valence-corrected chi connectivity index (χ4v) is 5.25. The molecule has 1 unspecified atom stereocenters. The van der Waals surface area contributed by atoms with Gasteiger partial charge in [0.15, 0.2) is 11.8 Å². The van der Waals surface area contributed by atoms with Gasteiger partial charge in [0.05, 0.1) is 11.3 Å². The van der Waals surface area contributed by atoms with E-state index in [-0.39, 0.29) is 17.9 Å². The van der Waals surface area contributed by atoms with Gasteiger partial charge in [-0.15, -0.1) is 0 Å². The highest BCUT2D eigenvalue weighted by molar-refractivity contribution is 6.30. The lowest BCUT2D eigenvalue weighted by molar-refractivity contribution is 0.0118. The Hall–Kier alpha value is -3.66. The molecule has 3 heterocycles. The van der Waals surface area contributed by atoms with E-state index in [4.69, 9.17) is 17.3 Å². The molecule has 2 aliphatic heterocycles. The summed E-state index contributed by atoms with van der Waals surface area (Å²) >= 11 is 6.02. The van der Waals surface area contributed by atoms with Crippen LogP contribution in [0, 0.1) is 0 Å². The molecule has 204 valence electrons. The van der Waals surface area contributed by atoms with Gasteiger partial charge in [0.25, 0.3) is 5.91 Å². The molecule has 9 nitrogen and oxygen atoms in total. The van der Waals surface area contributed by atoms with Gasteiger partial charge in [-0.3, -0.25) is 4.79 Å². The molecule has 2 fully saturated rings. The Bertz CT molecular complexity index is 1300. The summed E-state index contributed by atoms with van der Waals surface area (Å²) in [4.78, 5) is 23.7. The maximum atomic E-state index is 12.6. The zero-order chi connectivity index (χ0) is 27.2. The highest BCUT2D eigenvalue weighted by Gasteiger charge is 2.34. The fourth-order valence-electron chi connectivity index (χ4n) is 5.13. The molecule has 0 saturated carbocycles. The average molecular weight is 548 g/mol. The van der Waals surface area contributed by atoms with Crippen LogP contribution in [-0.4, -0.2) is 54.2 Å². The number of rotatable bonds is 6. The van der Waals surface area contributed by atoms with Crippen molar-refractivity contribution in [3.63, 3.8) is 0 Å². The highest BCUT2D eigenvalue weighted by Crippen LogP contribution is 2.37. The second-order valence-electron chi connectivity index (χ2n) is 10.1. The summed E-state index contributed by atoms with van der Waals surface area (Å²) in [7, 11) is 0. The number of aliphatic imine (C=N–C) groups is 1. The van der Waals surface area contributed by atoms with Crippen LogP contribution in [0.4, 0.5) is 17.2 Å². The van der Waals surface area contributed by atoms with E-state index in [0.29, 0.717) is 42.3 Å². The van der Waals surface area contributed by atoms with E-state index < -0.39 is 5.60 Å². The Labute approximate surface area is 233 Å². The Morgan fingerprint density at radius 2 is 1.87 bits per heavy atom. The van der Waals surface area contributed by atoms with Gasteiger partial charge in [0, 0.05) is 48.1 Å². The van der Waals surface area contributed by atoms with Crippen molar-refractivity contribution in [1.29, 1.82) is 0 Å². The minimum Gasteiger partial charge on any atom is -0.385 e. The van der Waals surface area contributed by atoms with Crippen molar-refractivity contribution in [2.24, 2.45) is 10.7 Å². The monoisotopic (exact) mass is 547 g/mol.